The minimum Gasteiger partial charge on any atom is -0.356 e. The van der Waals surface area contributed by atoms with Crippen molar-refractivity contribution in [1.29, 1.82) is 0 Å². The first-order chi connectivity index (χ1) is 6.70. The van der Waals surface area contributed by atoms with E-state index in [2.05, 4.69) is 10.3 Å². The molecule has 1 aromatic heterocycles. The van der Waals surface area contributed by atoms with Gasteiger partial charge in [0.05, 0.1) is 0 Å². The lowest BCUT2D eigenvalue weighted by Gasteiger charge is -2.06. The van der Waals surface area contributed by atoms with Crippen molar-refractivity contribution in [2.75, 3.05) is 6.54 Å². The number of hydrogen-bond donors (Lipinski definition) is 1. The summed E-state index contributed by atoms with van der Waals surface area (Å²) in [5.74, 6) is 0.173. The number of rotatable bonds is 4. The average molecular weight is 192 g/mol. The molecule has 0 spiro atoms. The van der Waals surface area contributed by atoms with Crippen LogP contribution in [0.3, 0.4) is 0 Å². The molecular weight excluding hydrogens is 176 g/mol. The third-order valence-corrected chi connectivity index (χ3v) is 1.99. The Bertz CT molecular complexity index is 283. The Morgan fingerprint density at radius 2 is 2.07 bits per heavy atom. The van der Waals surface area contributed by atoms with Crippen molar-refractivity contribution in [2.45, 2.75) is 20.3 Å². The van der Waals surface area contributed by atoms with Gasteiger partial charge < -0.3 is 5.32 Å². The van der Waals surface area contributed by atoms with E-state index in [-0.39, 0.29) is 11.8 Å². The maximum atomic E-state index is 11.2. The normalized spacial score (nSPS) is 10.2. The van der Waals surface area contributed by atoms with Crippen LogP contribution in [0.15, 0.2) is 24.5 Å². The summed E-state index contributed by atoms with van der Waals surface area (Å²) in [7, 11) is 0. The summed E-state index contributed by atoms with van der Waals surface area (Å²) in [6.45, 7) is 4.48. The van der Waals surface area contributed by atoms with Crippen molar-refractivity contribution >= 4 is 5.91 Å². The lowest BCUT2D eigenvalue weighted by Crippen LogP contribution is -2.29. The predicted octanol–water partition coefficient (Wildman–Crippen LogP) is 1.40. The molecule has 0 saturated heterocycles. The van der Waals surface area contributed by atoms with Gasteiger partial charge in [-0.2, -0.15) is 0 Å². The molecule has 0 radical (unpaired) electrons. The van der Waals surface area contributed by atoms with Gasteiger partial charge in [0.1, 0.15) is 0 Å². The zero-order valence-corrected chi connectivity index (χ0v) is 8.66. The molecule has 0 saturated carbocycles. The van der Waals surface area contributed by atoms with Gasteiger partial charge in [0.2, 0.25) is 5.91 Å². The summed E-state index contributed by atoms with van der Waals surface area (Å²) in [5, 5.41) is 2.87. The largest absolute Gasteiger partial charge is 0.356 e. The van der Waals surface area contributed by atoms with Crippen molar-refractivity contribution in [1.82, 2.24) is 10.3 Å². The molecule has 1 amide bonds. The molecule has 0 aliphatic heterocycles. The molecule has 1 N–H and O–H groups in total. The van der Waals surface area contributed by atoms with E-state index in [0.717, 1.165) is 6.42 Å². The monoisotopic (exact) mass is 192 g/mol. The highest BCUT2D eigenvalue weighted by molar-refractivity contribution is 5.77. The molecule has 1 rings (SSSR count). The molecule has 0 aromatic carbocycles. The van der Waals surface area contributed by atoms with Crippen LogP contribution in [0.4, 0.5) is 0 Å². The molecule has 76 valence electrons. The topological polar surface area (TPSA) is 42.0 Å². The van der Waals surface area contributed by atoms with Crippen molar-refractivity contribution < 1.29 is 4.79 Å². The predicted molar refractivity (Wildman–Crippen MR) is 55.8 cm³/mol. The van der Waals surface area contributed by atoms with E-state index in [1.54, 1.807) is 12.4 Å². The molecule has 0 fully saturated rings. The van der Waals surface area contributed by atoms with E-state index < -0.39 is 0 Å². The SMILES string of the molecule is CC(C)C(=O)NCCc1ccncc1. The van der Waals surface area contributed by atoms with Crippen LogP contribution < -0.4 is 5.32 Å². The van der Waals surface area contributed by atoms with Gasteiger partial charge >= 0.3 is 0 Å². The maximum Gasteiger partial charge on any atom is 0.222 e. The highest BCUT2D eigenvalue weighted by Crippen LogP contribution is 1.96. The minimum absolute atomic E-state index is 0.0624. The van der Waals surface area contributed by atoms with Gasteiger partial charge in [-0.3, -0.25) is 9.78 Å². The van der Waals surface area contributed by atoms with Gasteiger partial charge in [0, 0.05) is 24.9 Å². The van der Waals surface area contributed by atoms with E-state index in [0.29, 0.717) is 6.54 Å². The first-order valence-electron chi connectivity index (χ1n) is 4.87. The van der Waals surface area contributed by atoms with E-state index in [1.807, 2.05) is 26.0 Å². The first kappa shape index (κ1) is 10.7. The van der Waals surface area contributed by atoms with Crippen LogP contribution in [0.5, 0.6) is 0 Å². The number of nitrogens with zero attached hydrogens (tertiary/aromatic N) is 1. The van der Waals surface area contributed by atoms with Crippen molar-refractivity contribution in [3.8, 4) is 0 Å². The van der Waals surface area contributed by atoms with Crippen LogP contribution in [0.25, 0.3) is 0 Å². The van der Waals surface area contributed by atoms with E-state index >= 15 is 0 Å². The van der Waals surface area contributed by atoms with Crippen LogP contribution in [-0.4, -0.2) is 17.4 Å². The Hall–Kier alpha value is -1.38. The second-order valence-electron chi connectivity index (χ2n) is 3.55. The molecular formula is C11H16N2O. The summed E-state index contributed by atoms with van der Waals surface area (Å²) in [6, 6.07) is 3.92. The summed E-state index contributed by atoms with van der Waals surface area (Å²) in [4.78, 5) is 15.1. The number of nitrogens with one attached hydrogen (secondary N) is 1. The number of pyridine rings is 1. The smallest absolute Gasteiger partial charge is 0.222 e. The third-order valence-electron chi connectivity index (χ3n) is 1.99. The van der Waals surface area contributed by atoms with E-state index in [9.17, 15) is 4.79 Å². The minimum atomic E-state index is 0.0624. The fourth-order valence-electron chi connectivity index (χ4n) is 1.08. The van der Waals surface area contributed by atoms with Gasteiger partial charge in [0.25, 0.3) is 0 Å². The maximum absolute atomic E-state index is 11.2. The van der Waals surface area contributed by atoms with E-state index in [4.69, 9.17) is 0 Å². The zero-order chi connectivity index (χ0) is 10.4. The summed E-state index contributed by atoms with van der Waals surface area (Å²) >= 11 is 0. The highest BCUT2D eigenvalue weighted by atomic mass is 16.1. The number of hydrogen-bond acceptors (Lipinski definition) is 2. The standard InChI is InChI=1S/C11H16N2O/c1-9(2)11(14)13-8-5-10-3-6-12-7-4-10/h3-4,6-7,9H,5,8H2,1-2H3,(H,13,14). The van der Waals surface area contributed by atoms with Crippen LogP contribution in [0.1, 0.15) is 19.4 Å². The number of aromatic nitrogens is 1. The summed E-state index contributed by atoms with van der Waals surface area (Å²) in [5.41, 5.74) is 1.20. The zero-order valence-electron chi connectivity index (χ0n) is 8.66. The molecule has 0 atom stereocenters. The Labute approximate surface area is 84.6 Å². The summed E-state index contributed by atoms with van der Waals surface area (Å²) < 4.78 is 0. The molecule has 3 heteroatoms. The molecule has 3 nitrogen and oxygen atoms in total. The molecule has 0 aliphatic rings. The van der Waals surface area contributed by atoms with Gasteiger partial charge in [-0.25, -0.2) is 0 Å². The number of amides is 1. The fraction of sp³-hybridized carbons (Fsp3) is 0.455. The average Bonchev–Trinajstić information content (AvgIpc) is 2.19. The Kier molecular flexibility index (Phi) is 4.11. The molecule has 1 heterocycles. The Morgan fingerprint density at radius 1 is 1.43 bits per heavy atom. The van der Waals surface area contributed by atoms with Gasteiger partial charge in [-0.15, -0.1) is 0 Å². The molecule has 0 bridgehead atoms. The van der Waals surface area contributed by atoms with Gasteiger partial charge in [-0.1, -0.05) is 13.8 Å². The van der Waals surface area contributed by atoms with Gasteiger partial charge in [0.15, 0.2) is 0 Å². The highest BCUT2D eigenvalue weighted by Gasteiger charge is 2.04. The molecule has 0 aliphatic carbocycles. The lowest BCUT2D eigenvalue weighted by molar-refractivity contribution is -0.123. The van der Waals surface area contributed by atoms with Gasteiger partial charge in [-0.05, 0) is 24.1 Å². The Morgan fingerprint density at radius 3 is 2.64 bits per heavy atom. The van der Waals surface area contributed by atoms with E-state index in [1.165, 1.54) is 5.56 Å². The molecule has 1 aromatic rings. The molecule has 0 unspecified atom stereocenters. The van der Waals surface area contributed by atoms with Crippen molar-refractivity contribution in [3.63, 3.8) is 0 Å². The lowest BCUT2D eigenvalue weighted by atomic mass is 10.2. The second kappa shape index (κ2) is 5.37. The quantitative estimate of drug-likeness (QED) is 0.783. The Balaban J connectivity index is 2.26. The van der Waals surface area contributed by atoms with Crippen LogP contribution in [0, 0.1) is 5.92 Å². The van der Waals surface area contributed by atoms with Crippen LogP contribution >= 0.6 is 0 Å². The number of carbonyl (C=O) groups excluding carboxylic acids is 1. The fourth-order valence-corrected chi connectivity index (χ4v) is 1.08. The summed E-state index contributed by atoms with van der Waals surface area (Å²) in [6.07, 6.45) is 4.39. The van der Waals surface area contributed by atoms with Crippen LogP contribution in [-0.2, 0) is 11.2 Å². The second-order valence-corrected chi connectivity index (χ2v) is 3.55. The van der Waals surface area contributed by atoms with Crippen molar-refractivity contribution in [2.24, 2.45) is 5.92 Å². The van der Waals surface area contributed by atoms with Crippen LogP contribution in [0.2, 0.25) is 0 Å². The first-order valence-corrected chi connectivity index (χ1v) is 4.87. The molecule has 14 heavy (non-hydrogen) atoms. The third kappa shape index (κ3) is 3.56. The van der Waals surface area contributed by atoms with Crippen molar-refractivity contribution in [3.05, 3.63) is 30.1 Å². The number of carbonyl (C=O) groups is 1.